The van der Waals surface area contributed by atoms with Crippen molar-refractivity contribution < 1.29 is 19.1 Å². The number of fused-ring (bicyclic) bond motifs is 1. The van der Waals surface area contributed by atoms with Gasteiger partial charge in [0.1, 0.15) is 11.5 Å². The van der Waals surface area contributed by atoms with Crippen LogP contribution in [-0.4, -0.2) is 48.9 Å². The maximum absolute atomic E-state index is 13.0. The molecule has 0 saturated carbocycles. The van der Waals surface area contributed by atoms with Crippen molar-refractivity contribution in [2.45, 2.75) is 33.1 Å². The number of amides is 1. The number of ketones is 1. The Bertz CT molecular complexity index is 832. The van der Waals surface area contributed by atoms with Crippen molar-refractivity contribution in [1.29, 1.82) is 0 Å². The molecular formula is C19H24N2O4. The number of Topliss-reactive ketones (excluding diaryl/α,β-unsaturated/α-hetero) is 1. The highest BCUT2D eigenvalue weighted by Gasteiger charge is 2.30. The molecule has 0 bridgehead atoms. The first-order valence-electron chi connectivity index (χ1n) is 8.57. The second-order valence-electron chi connectivity index (χ2n) is 6.46. The lowest BCUT2D eigenvalue weighted by atomic mass is 10.0. The lowest BCUT2D eigenvalue weighted by Gasteiger charge is -2.26. The fourth-order valence-corrected chi connectivity index (χ4v) is 3.50. The van der Waals surface area contributed by atoms with E-state index in [1.165, 1.54) is 7.11 Å². The van der Waals surface area contributed by atoms with Crippen LogP contribution in [0.5, 0.6) is 11.5 Å². The average molecular weight is 344 g/mol. The number of hydrogen-bond donors (Lipinski definition) is 1. The van der Waals surface area contributed by atoms with Crippen molar-refractivity contribution in [1.82, 2.24) is 9.88 Å². The molecule has 3 rings (SSSR count). The monoisotopic (exact) mass is 344 g/mol. The minimum absolute atomic E-state index is 0.282. The highest BCUT2D eigenvalue weighted by Crippen LogP contribution is 2.39. The minimum Gasteiger partial charge on any atom is -0.496 e. The van der Waals surface area contributed by atoms with E-state index in [2.05, 4.69) is 4.98 Å². The molecule has 1 amide bonds. The van der Waals surface area contributed by atoms with Gasteiger partial charge in [-0.25, -0.2) is 0 Å². The van der Waals surface area contributed by atoms with Crippen LogP contribution in [0, 0.1) is 13.8 Å². The van der Waals surface area contributed by atoms with Crippen LogP contribution < -0.4 is 9.47 Å². The Balaban J connectivity index is 2.15. The number of piperidine rings is 1. The summed E-state index contributed by atoms with van der Waals surface area (Å²) in [6.45, 7) is 5.16. The van der Waals surface area contributed by atoms with E-state index in [0.29, 0.717) is 30.1 Å². The number of hydrogen-bond acceptors (Lipinski definition) is 4. The van der Waals surface area contributed by atoms with Crippen LogP contribution in [-0.2, 0) is 4.79 Å². The van der Waals surface area contributed by atoms with Gasteiger partial charge in [0.15, 0.2) is 0 Å². The van der Waals surface area contributed by atoms with E-state index in [4.69, 9.17) is 9.47 Å². The quantitative estimate of drug-likeness (QED) is 0.684. The molecular weight excluding hydrogens is 320 g/mol. The number of aryl methyl sites for hydroxylation is 2. The largest absolute Gasteiger partial charge is 0.496 e. The summed E-state index contributed by atoms with van der Waals surface area (Å²) in [6, 6.07) is 1.68. The van der Waals surface area contributed by atoms with Crippen LogP contribution in [0.4, 0.5) is 0 Å². The number of aromatic amines is 1. The number of H-pyrrole nitrogens is 1. The topological polar surface area (TPSA) is 71.6 Å². The molecule has 0 radical (unpaired) electrons. The zero-order valence-electron chi connectivity index (χ0n) is 15.2. The van der Waals surface area contributed by atoms with Gasteiger partial charge in [0, 0.05) is 30.2 Å². The lowest BCUT2D eigenvalue weighted by Crippen LogP contribution is -2.40. The summed E-state index contributed by atoms with van der Waals surface area (Å²) in [4.78, 5) is 30.6. The number of rotatable bonds is 4. The first kappa shape index (κ1) is 17.3. The van der Waals surface area contributed by atoms with Crippen molar-refractivity contribution in [2.24, 2.45) is 0 Å². The van der Waals surface area contributed by atoms with E-state index in [0.717, 1.165) is 35.9 Å². The third kappa shape index (κ3) is 2.86. The number of nitrogens with one attached hydrogen (secondary N) is 1. The molecule has 1 N–H and O–H groups in total. The maximum Gasteiger partial charge on any atom is 0.295 e. The molecule has 134 valence electrons. The van der Waals surface area contributed by atoms with E-state index < -0.39 is 11.7 Å². The Morgan fingerprint density at radius 1 is 1.04 bits per heavy atom. The van der Waals surface area contributed by atoms with Crippen LogP contribution in [0.3, 0.4) is 0 Å². The van der Waals surface area contributed by atoms with Gasteiger partial charge in [-0.2, -0.15) is 0 Å². The third-order valence-corrected chi connectivity index (χ3v) is 5.01. The van der Waals surface area contributed by atoms with Crippen LogP contribution in [0.1, 0.15) is 40.9 Å². The third-order valence-electron chi connectivity index (χ3n) is 5.01. The predicted molar refractivity (Wildman–Crippen MR) is 95.6 cm³/mol. The molecule has 1 saturated heterocycles. The molecule has 6 heteroatoms. The van der Waals surface area contributed by atoms with Gasteiger partial charge < -0.3 is 19.4 Å². The first-order valence-corrected chi connectivity index (χ1v) is 8.57. The molecule has 0 unspecified atom stereocenters. The van der Waals surface area contributed by atoms with Gasteiger partial charge in [0.2, 0.25) is 0 Å². The summed E-state index contributed by atoms with van der Waals surface area (Å²) < 4.78 is 10.9. The molecule has 25 heavy (non-hydrogen) atoms. The summed E-state index contributed by atoms with van der Waals surface area (Å²) in [5.41, 5.74) is 2.81. The van der Waals surface area contributed by atoms with E-state index in [1.807, 2.05) is 13.8 Å². The molecule has 1 aromatic carbocycles. The number of carbonyl (C=O) groups excluding carboxylic acids is 2. The van der Waals surface area contributed by atoms with Gasteiger partial charge >= 0.3 is 0 Å². The van der Waals surface area contributed by atoms with Gasteiger partial charge in [-0.05, 0) is 38.7 Å². The van der Waals surface area contributed by atoms with Crippen molar-refractivity contribution in [3.05, 3.63) is 22.9 Å². The zero-order valence-corrected chi connectivity index (χ0v) is 15.2. The van der Waals surface area contributed by atoms with Crippen LogP contribution >= 0.6 is 0 Å². The Hall–Kier alpha value is -2.50. The van der Waals surface area contributed by atoms with E-state index >= 15 is 0 Å². The Kier molecular flexibility index (Phi) is 4.70. The molecule has 6 nitrogen and oxygen atoms in total. The molecule has 1 aliphatic heterocycles. The summed E-state index contributed by atoms with van der Waals surface area (Å²) >= 11 is 0. The number of methoxy groups -OCH3 is 2. The summed E-state index contributed by atoms with van der Waals surface area (Å²) in [6.07, 6.45) is 2.98. The first-order chi connectivity index (χ1) is 12.0. The fourth-order valence-electron chi connectivity index (χ4n) is 3.50. The van der Waals surface area contributed by atoms with Crippen molar-refractivity contribution in [3.8, 4) is 11.5 Å². The summed E-state index contributed by atoms with van der Waals surface area (Å²) in [5, 5.41) is 0.815. The second kappa shape index (κ2) is 6.78. The standard InChI is InChI=1S/C19H24N2O4/c1-11-12(2)20-17-15(11)13(24-3)10-14(25-4)16(17)18(22)19(23)21-8-6-5-7-9-21/h10,20H,5-9H2,1-4H3. The molecule has 0 spiro atoms. The van der Waals surface area contributed by atoms with Gasteiger partial charge in [-0.15, -0.1) is 0 Å². The Morgan fingerprint density at radius 3 is 2.28 bits per heavy atom. The van der Waals surface area contributed by atoms with Crippen LogP contribution in [0.25, 0.3) is 10.9 Å². The van der Waals surface area contributed by atoms with Gasteiger partial charge in [0.05, 0.1) is 25.3 Å². The fraction of sp³-hybridized carbons (Fsp3) is 0.474. The number of likely N-dealkylation sites (tertiary alicyclic amines) is 1. The number of aromatic nitrogens is 1. The SMILES string of the molecule is COc1cc(OC)c2c(C)c(C)[nH]c2c1C(=O)C(=O)N1CCCCC1. The number of benzene rings is 1. The summed E-state index contributed by atoms with van der Waals surface area (Å²) in [7, 11) is 3.07. The molecule has 1 aliphatic rings. The molecule has 2 aromatic rings. The van der Waals surface area contributed by atoms with Crippen molar-refractivity contribution >= 4 is 22.6 Å². The van der Waals surface area contributed by atoms with Gasteiger partial charge in [-0.1, -0.05) is 0 Å². The Labute approximate surface area is 147 Å². The number of carbonyl (C=O) groups is 2. The zero-order chi connectivity index (χ0) is 18.1. The second-order valence-corrected chi connectivity index (χ2v) is 6.46. The van der Waals surface area contributed by atoms with Crippen LogP contribution in [0.15, 0.2) is 6.07 Å². The van der Waals surface area contributed by atoms with E-state index in [-0.39, 0.29) is 5.56 Å². The lowest BCUT2D eigenvalue weighted by molar-refractivity contribution is -0.127. The Morgan fingerprint density at radius 2 is 1.68 bits per heavy atom. The number of nitrogens with zero attached hydrogens (tertiary/aromatic N) is 1. The van der Waals surface area contributed by atoms with E-state index in [9.17, 15) is 9.59 Å². The van der Waals surface area contributed by atoms with Crippen molar-refractivity contribution in [2.75, 3.05) is 27.3 Å². The van der Waals surface area contributed by atoms with E-state index in [1.54, 1.807) is 18.1 Å². The highest BCUT2D eigenvalue weighted by molar-refractivity contribution is 6.45. The molecule has 1 fully saturated rings. The predicted octanol–water partition coefficient (Wildman–Crippen LogP) is 3.00. The summed E-state index contributed by atoms with van der Waals surface area (Å²) in [5.74, 6) is -0.0290. The maximum atomic E-state index is 13.0. The minimum atomic E-state index is -0.535. The molecule has 1 aromatic heterocycles. The number of ether oxygens (including phenoxy) is 2. The highest BCUT2D eigenvalue weighted by atomic mass is 16.5. The van der Waals surface area contributed by atoms with Gasteiger partial charge in [0.25, 0.3) is 11.7 Å². The van der Waals surface area contributed by atoms with Crippen molar-refractivity contribution in [3.63, 3.8) is 0 Å². The molecule has 0 aliphatic carbocycles. The average Bonchev–Trinajstić information content (AvgIpc) is 2.94. The van der Waals surface area contributed by atoms with Gasteiger partial charge in [-0.3, -0.25) is 9.59 Å². The molecule has 0 atom stereocenters. The molecule has 2 heterocycles. The smallest absolute Gasteiger partial charge is 0.295 e. The van der Waals surface area contributed by atoms with Crippen LogP contribution in [0.2, 0.25) is 0 Å². The normalized spacial score (nSPS) is 14.6.